The molecule has 5 rings (SSSR count). The van der Waals surface area contributed by atoms with E-state index in [9.17, 15) is 4.79 Å². The second kappa shape index (κ2) is 8.79. The monoisotopic (exact) mass is 426 g/mol. The van der Waals surface area contributed by atoms with E-state index in [2.05, 4.69) is 71.6 Å². The largest absolute Gasteiger partial charge is 0.472 e. The van der Waals surface area contributed by atoms with Gasteiger partial charge < -0.3 is 10.5 Å². The molecule has 2 aliphatic heterocycles. The highest BCUT2D eigenvalue weighted by molar-refractivity contribution is 5.74. The lowest BCUT2D eigenvalue weighted by Gasteiger charge is -2.44. The van der Waals surface area contributed by atoms with Gasteiger partial charge >= 0.3 is 0 Å². The summed E-state index contributed by atoms with van der Waals surface area (Å²) in [5, 5.41) is 0. The van der Waals surface area contributed by atoms with Gasteiger partial charge in [0.05, 0.1) is 18.1 Å². The Hall–Kier alpha value is -3.11. The molecule has 0 saturated carbocycles. The topological polar surface area (TPSA) is 55.6 Å². The number of ether oxygens (including phenoxy) is 1. The quantitative estimate of drug-likeness (QED) is 0.675. The van der Waals surface area contributed by atoms with Gasteiger partial charge in [0, 0.05) is 13.0 Å². The number of carbonyl (C=O) groups excluding carboxylic acids is 1. The van der Waals surface area contributed by atoms with Crippen molar-refractivity contribution >= 4 is 5.91 Å². The molecule has 0 bridgehead atoms. The Kier molecular flexibility index (Phi) is 5.71. The fourth-order valence-electron chi connectivity index (χ4n) is 6.01. The Balaban J connectivity index is 1.55. The predicted octanol–water partition coefficient (Wildman–Crippen LogP) is 5.04. The van der Waals surface area contributed by atoms with Gasteiger partial charge in [0.1, 0.15) is 0 Å². The van der Waals surface area contributed by atoms with E-state index >= 15 is 0 Å². The molecule has 3 aliphatic rings. The molecule has 1 saturated heterocycles. The van der Waals surface area contributed by atoms with Crippen LogP contribution in [-0.2, 0) is 15.1 Å². The first kappa shape index (κ1) is 20.8. The summed E-state index contributed by atoms with van der Waals surface area (Å²) in [7, 11) is 0. The fourth-order valence-corrected chi connectivity index (χ4v) is 6.01. The molecule has 0 unspecified atom stereocenters. The molecular formula is C28H30N2O2. The maximum absolute atomic E-state index is 12.1. The normalized spacial score (nSPS) is 21.9. The summed E-state index contributed by atoms with van der Waals surface area (Å²) >= 11 is 0. The number of rotatable bonds is 7. The van der Waals surface area contributed by atoms with Crippen LogP contribution in [0, 0.1) is 5.92 Å². The Morgan fingerprint density at radius 1 is 1.03 bits per heavy atom. The Bertz CT molecular complexity index is 1030. The number of benzene rings is 2. The van der Waals surface area contributed by atoms with E-state index in [-0.39, 0.29) is 17.4 Å². The minimum absolute atomic E-state index is 0.143. The first-order chi connectivity index (χ1) is 15.7. The van der Waals surface area contributed by atoms with E-state index in [1.54, 1.807) is 6.26 Å². The van der Waals surface area contributed by atoms with Crippen molar-refractivity contribution in [2.24, 2.45) is 11.7 Å². The number of nitrogens with two attached hydrogens (primary N) is 1. The van der Waals surface area contributed by atoms with Crippen molar-refractivity contribution in [2.45, 2.75) is 37.6 Å². The molecule has 1 atom stereocenters. The number of allylic oxidation sites excluding steroid dienone is 3. The van der Waals surface area contributed by atoms with Crippen LogP contribution in [0.5, 0.6) is 0 Å². The van der Waals surface area contributed by atoms with Gasteiger partial charge in [-0.2, -0.15) is 0 Å². The van der Waals surface area contributed by atoms with Gasteiger partial charge in [-0.1, -0.05) is 66.2 Å². The van der Waals surface area contributed by atoms with Crippen molar-refractivity contribution in [2.75, 3.05) is 13.1 Å². The van der Waals surface area contributed by atoms with Crippen LogP contribution < -0.4 is 5.73 Å². The first-order valence-corrected chi connectivity index (χ1v) is 11.6. The maximum atomic E-state index is 12.1. The van der Waals surface area contributed by atoms with Crippen molar-refractivity contribution in [1.29, 1.82) is 0 Å². The van der Waals surface area contributed by atoms with Crippen molar-refractivity contribution < 1.29 is 9.53 Å². The van der Waals surface area contributed by atoms with Crippen molar-refractivity contribution in [1.82, 2.24) is 4.90 Å². The Morgan fingerprint density at radius 3 is 2.38 bits per heavy atom. The zero-order chi connectivity index (χ0) is 22.0. The molecule has 0 aromatic heterocycles. The molecule has 1 amide bonds. The molecule has 1 aliphatic carbocycles. The average molecular weight is 427 g/mol. The molecule has 4 heteroatoms. The third kappa shape index (κ3) is 3.59. The third-order valence-corrected chi connectivity index (χ3v) is 7.34. The van der Waals surface area contributed by atoms with Crippen molar-refractivity contribution in [3.63, 3.8) is 0 Å². The highest BCUT2D eigenvalue weighted by Crippen LogP contribution is 2.50. The molecule has 164 valence electrons. The SMILES string of the molecule is NC(=O)C[C@@H]1CCN(CCC2=C3C=COC=C3CC2)C1(c1ccccc1)c1ccccc1. The van der Waals surface area contributed by atoms with Crippen molar-refractivity contribution in [3.8, 4) is 0 Å². The predicted molar refractivity (Wildman–Crippen MR) is 126 cm³/mol. The standard InChI is InChI=1S/C28H30N2O2/c29-27(31)19-25-14-17-30(16-13-21-11-12-22-20-32-18-15-26(21)22)28(25,23-7-3-1-4-8-23)24-9-5-2-6-10-24/h1-10,15,18,20,25H,11-14,16-17,19H2,(H2,29,31)/t25-/m0/s1. The molecule has 1 fully saturated rings. The number of fused-ring (bicyclic) bond motifs is 1. The minimum atomic E-state index is -0.356. The van der Waals surface area contributed by atoms with E-state index in [1.807, 2.05) is 6.26 Å². The fraction of sp³-hybridized carbons (Fsp3) is 0.321. The summed E-state index contributed by atoms with van der Waals surface area (Å²) in [5.41, 5.74) is 12.1. The van der Waals surface area contributed by atoms with Crippen LogP contribution in [0.25, 0.3) is 0 Å². The van der Waals surface area contributed by atoms with Crippen LogP contribution in [0.2, 0.25) is 0 Å². The van der Waals surface area contributed by atoms with Crippen LogP contribution in [-0.4, -0.2) is 23.9 Å². The van der Waals surface area contributed by atoms with Crippen LogP contribution in [0.1, 0.15) is 43.2 Å². The summed E-state index contributed by atoms with van der Waals surface area (Å²) in [6.07, 6.45) is 10.3. The lowest BCUT2D eigenvalue weighted by atomic mass is 9.72. The molecule has 2 aromatic carbocycles. The van der Waals surface area contributed by atoms with Gasteiger partial charge in [0.15, 0.2) is 0 Å². The van der Waals surface area contributed by atoms with Gasteiger partial charge in [0.25, 0.3) is 0 Å². The molecule has 0 radical (unpaired) electrons. The zero-order valence-corrected chi connectivity index (χ0v) is 18.4. The number of nitrogens with zero attached hydrogens (tertiary/aromatic N) is 1. The van der Waals surface area contributed by atoms with Crippen LogP contribution in [0.15, 0.2) is 96.0 Å². The molecule has 0 spiro atoms. The smallest absolute Gasteiger partial charge is 0.217 e. The number of primary amides is 1. The summed E-state index contributed by atoms with van der Waals surface area (Å²) in [4.78, 5) is 14.7. The molecule has 4 nitrogen and oxygen atoms in total. The van der Waals surface area contributed by atoms with E-state index in [0.29, 0.717) is 6.42 Å². The average Bonchev–Trinajstić information content (AvgIpc) is 3.40. The molecular weight excluding hydrogens is 396 g/mol. The van der Waals surface area contributed by atoms with E-state index in [0.717, 1.165) is 38.8 Å². The Morgan fingerprint density at radius 2 is 1.72 bits per heavy atom. The van der Waals surface area contributed by atoms with Gasteiger partial charge in [-0.3, -0.25) is 9.69 Å². The van der Waals surface area contributed by atoms with Crippen LogP contribution in [0.3, 0.4) is 0 Å². The number of hydrogen-bond donors (Lipinski definition) is 1. The van der Waals surface area contributed by atoms with Gasteiger partial charge in [0.2, 0.25) is 5.91 Å². The summed E-state index contributed by atoms with van der Waals surface area (Å²) in [5.74, 6) is -0.0830. The van der Waals surface area contributed by atoms with E-state index < -0.39 is 0 Å². The lowest BCUT2D eigenvalue weighted by molar-refractivity contribution is -0.119. The molecule has 2 N–H and O–H groups in total. The van der Waals surface area contributed by atoms with Crippen LogP contribution >= 0.6 is 0 Å². The van der Waals surface area contributed by atoms with Crippen LogP contribution in [0.4, 0.5) is 0 Å². The van der Waals surface area contributed by atoms with E-state index in [1.165, 1.54) is 27.8 Å². The lowest BCUT2D eigenvalue weighted by Crippen LogP contribution is -2.47. The second-order valence-corrected chi connectivity index (χ2v) is 8.99. The zero-order valence-electron chi connectivity index (χ0n) is 18.4. The minimum Gasteiger partial charge on any atom is -0.472 e. The molecule has 32 heavy (non-hydrogen) atoms. The molecule has 2 aromatic rings. The number of hydrogen-bond acceptors (Lipinski definition) is 3. The molecule has 2 heterocycles. The third-order valence-electron chi connectivity index (χ3n) is 7.34. The Labute approximate surface area is 190 Å². The number of amides is 1. The highest BCUT2D eigenvalue weighted by atomic mass is 16.5. The van der Waals surface area contributed by atoms with Gasteiger partial charge in [-0.25, -0.2) is 0 Å². The summed E-state index contributed by atoms with van der Waals surface area (Å²) < 4.78 is 5.38. The highest BCUT2D eigenvalue weighted by Gasteiger charge is 2.51. The summed E-state index contributed by atoms with van der Waals surface area (Å²) in [6, 6.07) is 21.3. The van der Waals surface area contributed by atoms with E-state index in [4.69, 9.17) is 10.5 Å². The first-order valence-electron chi connectivity index (χ1n) is 11.6. The maximum Gasteiger partial charge on any atom is 0.217 e. The van der Waals surface area contributed by atoms with Gasteiger partial charge in [-0.15, -0.1) is 0 Å². The second-order valence-electron chi connectivity index (χ2n) is 8.99. The van der Waals surface area contributed by atoms with Gasteiger partial charge in [-0.05, 0) is 66.5 Å². The number of likely N-dealkylation sites (tertiary alicyclic amines) is 1. The van der Waals surface area contributed by atoms with Crippen molar-refractivity contribution in [3.05, 3.63) is 107 Å². The number of carbonyl (C=O) groups is 1. The summed E-state index contributed by atoms with van der Waals surface area (Å²) in [6.45, 7) is 1.89.